The van der Waals surface area contributed by atoms with Crippen LogP contribution in [0.5, 0.6) is 5.75 Å². The summed E-state index contributed by atoms with van der Waals surface area (Å²) in [5.74, 6) is 1.12. The molecule has 1 aromatic heterocycles. The van der Waals surface area contributed by atoms with Crippen molar-refractivity contribution < 1.29 is 14.3 Å². The van der Waals surface area contributed by atoms with E-state index >= 15 is 0 Å². The van der Waals surface area contributed by atoms with Crippen LogP contribution < -0.4 is 15.0 Å². The number of benzene rings is 2. The maximum absolute atomic E-state index is 13.0. The van der Waals surface area contributed by atoms with Gasteiger partial charge in [0.1, 0.15) is 29.2 Å². The monoisotopic (exact) mass is 451 g/mol. The SMILES string of the molecule is COCCn1nc(C(=O)N[C@H]2COc3ccccc3N(C)C2=S)nc1Cc1ccccc1. The molecule has 0 bridgehead atoms. The minimum atomic E-state index is -0.488. The number of methoxy groups -OCH3 is 1. The summed E-state index contributed by atoms with van der Waals surface area (Å²) in [6, 6.07) is 17.1. The third-order valence-electron chi connectivity index (χ3n) is 5.23. The third-order valence-corrected chi connectivity index (χ3v) is 5.79. The number of amides is 1. The average Bonchev–Trinajstić information content (AvgIpc) is 3.17. The van der Waals surface area contributed by atoms with Crippen molar-refractivity contribution in [3.63, 3.8) is 0 Å². The number of ether oxygens (including phenoxy) is 2. The van der Waals surface area contributed by atoms with Gasteiger partial charge in [-0.25, -0.2) is 9.67 Å². The van der Waals surface area contributed by atoms with Gasteiger partial charge in [0.2, 0.25) is 5.82 Å². The van der Waals surface area contributed by atoms with Crippen LogP contribution in [0, 0.1) is 0 Å². The molecule has 4 rings (SSSR count). The zero-order chi connectivity index (χ0) is 22.5. The first-order valence-electron chi connectivity index (χ1n) is 10.3. The molecule has 0 spiro atoms. The Balaban J connectivity index is 1.52. The molecule has 0 radical (unpaired) electrons. The molecule has 166 valence electrons. The van der Waals surface area contributed by atoms with Gasteiger partial charge in [-0.1, -0.05) is 54.7 Å². The Morgan fingerprint density at radius 3 is 2.75 bits per heavy atom. The van der Waals surface area contributed by atoms with Gasteiger partial charge in [-0.2, -0.15) is 0 Å². The molecule has 2 aromatic carbocycles. The lowest BCUT2D eigenvalue weighted by atomic mass is 10.1. The molecule has 0 fully saturated rings. The minimum Gasteiger partial charge on any atom is -0.489 e. The van der Waals surface area contributed by atoms with Gasteiger partial charge in [0.05, 0.1) is 18.8 Å². The topological polar surface area (TPSA) is 81.5 Å². The number of likely N-dealkylation sites (N-methyl/N-ethyl adjacent to an activating group) is 1. The van der Waals surface area contributed by atoms with E-state index in [-0.39, 0.29) is 12.4 Å². The molecule has 0 aliphatic carbocycles. The van der Waals surface area contributed by atoms with E-state index in [0.717, 1.165) is 17.0 Å². The molecule has 0 unspecified atom stereocenters. The van der Waals surface area contributed by atoms with Gasteiger partial charge in [0.15, 0.2) is 0 Å². The van der Waals surface area contributed by atoms with Crippen molar-refractivity contribution in [2.45, 2.75) is 19.0 Å². The fourth-order valence-electron chi connectivity index (χ4n) is 3.52. The Kier molecular flexibility index (Phi) is 6.77. The van der Waals surface area contributed by atoms with Crippen LogP contribution in [0.4, 0.5) is 5.69 Å². The molecule has 32 heavy (non-hydrogen) atoms. The molecular formula is C23H25N5O3S. The maximum Gasteiger partial charge on any atom is 0.291 e. The predicted molar refractivity (Wildman–Crippen MR) is 125 cm³/mol. The molecule has 9 heteroatoms. The number of hydrogen-bond donors (Lipinski definition) is 1. The van der Waals surface area contributed by atoms with Crippen molar-refractivity contribution in [2.24, 2.45) is 0 Å². The van der Waals surface area contributed by atoms with Crippen LogP contribution in [0.25, 0.3) is 0 Å². The van der Waals surface area contributed by atoms with Gasteiger partial charge >= 0.3 is 0 Å². The van der Waals surface area contributed by atoms with Gasteiger partial charge in [-0.3, -0.25) is 4.79 Å². The van der Waals surface area contributed by atoms with E-state index < -0.39 is 11.9 Å². The summed E-state index contributed by atoms with van der Waals surface area (Å²) >= 11 is 5.62. The molecule has 0 saturated heterocycles. The van der Waals surface area contributed by atoms with E-state index in [1.165, 1.54) is 0 Å². The Hall–Kier alpha value is -3.30. The summed E-state index contributed by atoms with van der Waals surface area (Å²) in [6.07, 6.45) is 0.563. The van der Waals surface area contributed by atoms with Crippen molar-refractivity contribution in [3.8, 4) is 5.75 Å². The summed E-state index contributed by atoms with van der Waals surface area (Å²) in [5.41, 5.74) is 1.95. The Morgan fingerprint density at radius 1 is 1.22 bits per heavy atom. The third kappa shape index (κ3) is 4.79. The first-order chi connectivity index (χ1) is 15.6. The van der Waals surface area contributed by atoms with Crippen LogP contribution in [-0.4, -0.2) is 59.1 Å². The number of nitrogens with one attached hydrogen (secondary N) is 1. The number of para-hydroxylation sites is 2. The van der Waals surface area contributed by atoms with E-state index in [2.05, 4.69) is 15.4 Å². The molecule has 2 heterocycles. The zero-order valence-electron chi connectivity index (χ0n) is 18.0. The minimum absolute atomic E-state index is 0.0965. The number of carbonyl (C=O) groups is 1. The quantitative estimate of drug-likeness (QED) is 0.553. The van der Waals surface area contributed by atoms with Gasteiger partial charge in [-0.05, 0) is 17.7 Å². The highest BCUT2D eigenvalue weighted by Crippen LogP contribution is 2.30. The van der Waals surface area contributed by atoms with Crippen molar-refractivity contribution >= 4 is 28.8 Å². The number of nitrogens with zero attached hydrogens (tertiary/aromatic N) is 4. The number of fused-ring (bicyclic) bond motifs is 1. The largest absolute Gasteiger partial charge is 0.489 e. The first kappa shape index (κ1) is 21.9. The number of aromatic nitrogens is 3. The molecule has 1 aliphatic rings. The summed E-state index contributed by atoms with van der Waals surface area (Å²) in [6.45, 7) is 1.20. The smallest absolute Gasteiger partial charge is 0.291 e. The highest BCUT2D eigenvalue weighted by atomic mass is 32.1. The van der Waals surface area contributed by atoms with Crippen molar-refractivity contribution in [3.05, 3.63) is 71.8 Å². The van der Waals surface area contributed by atoms with Crippen LogP contribution in [0.2, 0.25) is 0 Å². The van der Waals surface area contributed by atoms with Gasteiger partial charge in [0, 0.05) is 20.6 Å². The second-order valence-corrected chi connectivity index (χ2v) is 7.85. The van der Waals surface area contributed by atoms with Crippen molar-refractivity contribution in [1.82, 2.24) is 20.1 Å². The molecule has 0 saturated carbocycles. The summed E-state index contributed by atoms with van der Waals surface area (Å²) in [4.78, 5) is 20.0. The van der Waals surface area contributed by atoms with Crippen LogP contribution in [0.1, 0.15) is 22.0 Å². The Morgan fingerprint density at radius 2 is 1.97 bits per heavy atom. The van der Waals surface area contributed by atoms with E-state index in [1.807, 2.05) is 66.5 Å². The fourth-order valence-corrected chi connectivity index (χ4v) is 3.74. The Bertz CT molecular complexity index is 1100. The van der Waals surface area contributed by atoms with E-state index in [4.69, 9.17) is 21.7 Å². The zero-order valence-corrected chi connectivity index (χ0v) is 18.8. The standard InChI is InChI=1S/C23H25N5O3S/c1-27-18-10-6-7-11-19(18)31-15-17(23(27)32)24-22(29)21-25-20(28(26-21)12-13-30-2)14-16-8-4-3-5-9-16/h3-11,17H,12-15H2,1-2H3,(H,24,29)/t17-/m0/s1. The molecule has 1 amide bonds. The van der Waals surface area contributed by atoms with Crippen LogP contribution >= 0.6 is 12.2 Å². The van der Waals surface area contributed by atoms with Gasteiger partial charge in [-0.15, -0.1) is 5.10 Å². The summed E-state index contributed by atoms with van der Waals surface area (Å²) in [5, 5.41) is 7.37. The number of rotatable bonds is 7. The molecular weight excluding hydrogens is 426 g/mol. The maximum atomic E-state index is 13.0. The number of anilines is 1. The van der Waals surface area contributed by atoms with E-state index in [0.29, 0.717) is 30.4 Å². The van der Waals surface area contributed by atoms with Crippen LogP contribution in [-0.2, 0) is 17.7 Å². The van der Waals surface area contributed by atoms with Crippen molar-refractivity contribution in [1.29, 1.82) is 0 Å². The molecule has 1 N–H and O–H groups in total. The summed E-state index contributed by atoms with van der Waals surface area (Å²) < 4.78 is 12.8. The number of thiocarbonyl (C=S) groups is 1. The number of carbonyl (C=O) groups excluding carboxylic acids is 1. The predicted octanol–water partition coefficient (Wildman–Crippen LogP) is 2.47. The van der Waals surface area contributed by atoms with E-state index in [9.17, 15) is 4.79 Å². The average molecular weight is 452 g/mol. The van der Waals surface area contributed by atoms with Gasteiger partial charge in [0.25, 0.3) is 5.91 Å². The highest BCUT2D eigenvalue weighted by molar-refractivity contribution is 7.80. The highest BCUT2D eigenvalue weighted by Gasteiger charge is 2.29. The fraction of sp³-hybridized carbons (Fsp3) is 0.304. The van der Waals surface area contributed by atoms with Crippen molar-refractivity contribution in [2.75, 3.05) is 32.3 Å². The molecule has 8 nitrogen and oxygen atoms in total. The molecule has 3 aromatic rings. The van der Waals surface area contributed by atoms with Crippen LogP contribution in [0.15, 0.2) is 54.6 Å². The lowest BCUT2D eigenvalue weighted by Gasteiger charge is -2.23. The Labute approximate surface area is 192 Å². The normalized spacial score (nSPS) is 15.6. The lowest BCUT2D eigenvalue weighted by Crippen LogP contribution is -2.48. The molecule has 1 atom stereocenters. The second-order valence-electron chi connectivity index (χ2n) is 7.43. The summed E-state index contributed by atoms with van der Waals surface area (Å²) in [7, 11) is 3.49. The second kappa shape index (κ2) is 9.88. The van der Waals surface area contributed by atoms with Gasteiger partial charge < -0.3 is 19.7 Å². The first-order valence-corrected chi connectivity index (χ1v) is 10.7. The molecule has 1 aliphatic heterocycles. The van der Waals surface area contributed by atoms with E-state index in [1.54, 1.807) is 11.8 Å². The number of hydrogen-bond acceptors (Lipinski definition) is 6. The lowest BCUT2D eigenvalue weighted by molar-refractivity contribution is 0.0926. The van der Waals surface area contributed by atoms with Crippen LogP contribution in [0.3, 0.4) is 0 Å².